The molecular formula is C16H22N6O4. The highest BCUT2D eigenvalue weighted by atomic mass is 16.4. The predicted octanol–water partition coefficient (Wildman–Crippen LogP) is 0.827. The third-order valence-electron chi connectivity index (χ3n) is 4.22. The van der Waals surface area contributed by atoms with Crippen LogP contribution in [0.25, 0.3) is 0 Å². The lowest BCUT2D eigenvalue weighted by atomic mass is 9.92. The summed E-state index contributed by atoms with van der Waals surface area (Å²) >= 11 is 0. The number of anilines is 3. The Hall–Kier alpha value is -2.88. The van der Waals surface area contributed by atoms with Crippen LogP contribution in [-0.2, 0) is 11.8 Å². The number of aliphatic hydroxyl groups is 1. The van der Waals surface area contributed by atoms with Gasteiger partial charge in [-0.1, -0.05) is 13.8 Å². The van der Waals surface area contributed by atoms with Crippen molar-refractivity contribution in [3.8, 4) is 0 Å². The first kappa shape index (κ1) is 17.9. The summed E-state index contributed by atoms with van der Waals surface area (Å²) in [7, 11) is 1.72. The molecule has 3 heterocycles. The van der Waals surface area contributed by atoms with Crippen LogP contribution in [0.3, 0.4) is 0 Å². The number of hydrogen-bond acceptors (Lipinski definition) is 7. The Kier molecular flexibility index (Phi) is 4.68. The number of carbonyl (C=O) groups is 2. The maximum absolute atomic E-state index is 12.6. The van der Waals surface area contributed by atoms with Crippen LogP contribution in [-0.4, -0.2) is 51.4 Å². The molecule has 140 valence electrons. The van der Waals surface area contributed by atoms with Crippen molar-refractivity contribution in [1.29, 1.82) is 0 Å². The standard InChI is InChI=1S/C16H22N6O4/c1-16(2)4-6-22(14(16)25)12-10(8-21(3)20-12)18-13(24)11-9-26-15(19-11)17-5-7-23/h8-9,23H,4-7H2,1-3H3,(H,17,19)(H,18,24). The van der Waals surface area contributed by atoms with Gasteiger partial charge in [0.15, 0.2) is 11.5 Å². The molecule has 3 rings (SSSR count). The molecule has 10 heteroatoms. The predicted molar refractivity (Wildman–Crippen MR) is 94.0 cm³/mol. The van der Waals surface area contributed by atoms with Crippen molar-refractivity contribution in [3.63, 3.8) is 0 Å². The van der Waals surface area contributed by atoms with Gasteiger partial charge in [0.2, 0.25) is 5.91 Å². The molecule has 0 unspecified atom stereocenters. The highest BCUT2D eigenvalue weighted by Gasteiger charge is 2.41. The van der Waals surface area contributed by atoms with E-state index in [-0.39, 0.29) is 30.8 Å². The average Bonchev–Trinajstić information content (AvgIpc) is 3.26. The largest absolute Gasteiger partial charge is 0.431 e. The number of aryl methyl sites for hydroxylation is 1. The summed E-state index contributed by atoms with van der Waals surface area (Å²) in [6, 6.07) is 0.145. The summed E-state index contributed by atoms with van der Waals surface area (Å²) < 4.78 is 6.67. The molecule has 10 nitrogen and oxygen atoms in total. The molecule has 26 heavy (non-hydrogen) atoms. The van der Waals surface area contributed by atoms with Crippen molar-refractivity contribution in [1.82, 2.24) is 14.8 Å². The Labute approximate surface area is 150 Å². The molecule has 0 spiro atoms. The highest BCUT2D eigenvalue weighted by molar-refractivity contribution is 6.07. The van der Waals surface area contributed by atoms with E-state index in [1.54, 1.807) is 22.8 Å². The van der Waals surface area contributed by atoms with Crippen molar-refractivity contribution in [2.45, 2.75) is 20.3 Å². The fourth-order valence-electron chi connectivity index (χ4n) is 2.74. The van der Waals surface area contributed by atoms with Crippen LogP contribution in [0.5, 0.6) is 0 Å². The second kappa shape index (κ2) is 6.79. The van der Waals surface area contributed by atoms with Gasteiger partial charge < -0.3 is 20.2 Å². The van der Waals surface area contributed by atoms with E-state index >= 15 is 0 Å². The number of amides is 2. The number of nitrogens with one attached hydrogen (secondary N) is 2. The Morgan fingerprint density at radius 2 is 2.23 bits per heavy atom. The molecule has 2 aromatic heterocycles. The SMILES string of the molecule is Cn1cc(NC(=O)c2coc(NCCO)n2)c(N2CCC(C)(C)C2=O)n1. The molecule has 0 saturated carbocycles. The second-order valence-electron chi connectivity index (χ2n) is 6.77. The molecule has 1 aliphatic heterocycles. The number of aromatic nitrogens is 3. The molecule has 0 bridgehead atoms. The van der Waals surface area contributed by atoms with Crippen molar-refractivity contribution >= 4 is 29.3 Å². The summed E-state index contributed by atoms with van der Waals surface area (Å²) in [6.07, 6.45) is 3.57. The lowest BCUT2D eigenvalue weighted by Gasteiger charge is -2.18. The third-order valence-corrected chi connectivity index (χ3v) is 4.22. The van der Waals surface area contributed by atoms with Crippen LogP contribution in [0, 0.1) is 5.41 Å². The Balaban J connectivity index is 1.77. The minimum Gasteiger partial charge on any atom is -0.431 e. The normalized spacial score (nSPS) is 16.2. The fraction of sp³-hybridized carbons (Fsp3) is 0.500. The van der Waals surface area contributed by atoms with Crippen molar-refractivity contribution in [2.75, 3.05) is 35.2 Å². The highest BCUT2D eigenvalue weighted by Crippen LogP contribution is 2.36. The summed E-state index contributed by atoms with van der Waals surface area (Å²) in [6.45, 7) is 4.52. The fourth-order valence-corrected chi connectivity index (χ4v) is 2.74. The van der Waals surface area contributed by atoms with Crippen LogP contribution in [0.15, 0.2) is 16.9 Å². The first-order chi connectivity index (χ1) is 12.3. The molecule has 1 aliphatic rings. The van der Waals surface area contributed by atoms with Crippen molar-refractivity contribution in [3.05, 3.63) is 18.2 Å². The maximum Gasteiger partial charge on any atom is 0.295 e. The summed E-state index contributed by atoms with van der Waals surface area (Å²) in [4.78, 5) is 30.6. The zero-order chi connectivity index (χ0) is 18.9. The zero-order valence-corrected chi connectivity index (χ0v) is 14.9. The van der Waals surface area contributed by atoms with Gasteiger partial charge >= 0.3 is 0 Å². The van der Waals surface area contributed by atoms with Crippen molar-refractivity contribution < 1.29 is 19.1 Å². The van der Waals surface area contributed by atoms with Gasteiger partial charge in [-0.3, -0.25) is 19.2 Å². The number of hydrogen-bond donors (Lipinski definition) is 3. The zero-order valence-electron chi connectivity index (χ0n) is 14.9. The maximum atomic E-state index is 12.6. The summed E-state index contributed by atoms with van der Waals surface area (Å²) in [5.41, 5.74) is 0.0581. The van der Waals surface area contributed by atoms with E-state index in [0.717, 1.165) is 6.42 Å². The molecule has 2 amide bonds. The molecule has 3 N–H and O–H groups in total. The van der Waals surface area contributed by atoms with Gasteiger partial charge in [0.1, 0.15) is 12.0 Å². The van der Waals surface area contributed by atoms with Crippen LogP contribution >= 0.6 is 0 Å². The Bertz CT molecular complexity index is 825. The van der Waals surface area contributed by atoms with E-state index in [9.17, 15) is 9.59 Å². The molecule has 0 atom stereocenters. The number of carbonyl (C=O) groups excluding carboxylic acids is 2. The molecule has 0 aromatic carbocycles. The van der Waals surface area contributed by atoms with Gasteiger partial charge in [-0.05, 0) is 6.42 Å². The lowest BCUT2D eigenvalue weighted by molar-refractivity contribution is -0.124. The summed E-state index contributed by atoms with van der Waals surface area (Å²) in [5, 5.41) is 18.6. The number of rotatable bonds is 6. The average molecular weight is 362 g/mol. The first-order valence-electron chi connectivity index (χ1n) is 8.29. The van der Waals surface area contributed by atoms with Gasteiger partial charge in [-0.15, -0.1) is 0 Å². The van der Waals surface area contributed by atoms with Crippen LogP contribution in [0.2, 0.25) is 0 Å². The van der Waals surface area contributed by atoms with Crippen molar-refractivity contribution in [2.24, 2.45) is 12.5 Å². The van der Waals surface area contributed by atoms with E-state index in [2.05, 4.69) is 20.7 Å². The van der Waals surface area contributed by atoms with Crippen LogP contribution < -0.4 is 15.5 Å². The molecule has 1 saturated heterocycles. The summed E-state index contributed by atoms with van der Waals surface area (Å²) in [5.74, 6) is -0.0897. The van der Waals surface area contributed by atoms with E-state index in [1.165, 1.54) is 6.26 Å². The molecule has 0 aliphatic carbocycles. The quantitative estimate of drug-likeness (QED) is 0.695. The number of aliphatic hydroxyl groups excluding tert-OH is 1. The second-order valence-corrected chi connectivity index (χ2v) is 6.77. The minimum atomic E-state index is -0.481. The molecule has 1 fully saturated rings. The molecular weight excluding hydrogens is 340 g/mol. The van der Waals surface area contributed by atoms with Gasteiger partial charge in [0, 0.05) is 25.6 Å². The van der Waals surface area contributed by atoms with E-state index in [0.29, 0.717) is 18.1 Å². The van der Waals surface area contributed by atoms with Gasteiger partial charge in [0.25, 0.3) is 11.9 Å². The Morgan fingerprint density at radius 1 is 1.46 bits per heavy atom. The van der Waals surface area contributed by atoms with Gasteiger partial charge in [-0.2, -0.15) is 10.1 Å². The first-order valence-corrected chi connectivity index (χ1v) is 8.29. The minimum absolute atomic E-state index is 0.0244. The van der Waals surface area contributed by atoms with E-state index < -0.39 is 11.3 Å². The topological polar surface area (TPSA) is 126 Å². The van der Waals surface area contributed by atoms with Crippen LogP contribution in [0.1, 0.15) is 30.8 Å². The van der Waals surface area contributed by atoms with E-state index in [1.807, 2.05) is 13.8 Å². The molecule has 0 radical (unpaired) electrons. The van der Waals surface area contributed by atoms with Gasteiger partial charge in [-0.25, -0.2) is 0 Å². The lowest BCUT2D eigenvalue weighted by Crippen LogP contribution is -2.32. The van der Waals surface area contributed by atoms with Crippen LogP contribution in [0.4, 0.5) is 17.5 Å². The van der Waals surface area contributed by atoms with Gasteiger partial charge in [0.05, 0.1) is 12.8 Å². The van der Waals surface area contributed by atoms with E-state index in [4.69, 9.17) is 9.52 Å². The Morgan fingerprint density at radius 3 is 2.88 bits per heavy atom. The number of nitrogens with zero attached hydrogens (tertiary/aromatic N) is 4. The smallest absolute Gasteiger partial charge is 0.295 e. The monoisotopic (exact) mass is 362 g/mol. The third kappa shape index (κ3) is 3.40. The number of oxazole rings is 1. The molecule has 2 aromatic rings.